The maximum absolute atomic E-state index is 11.0. The van der Waals surface area contributed by atoms with E-state index < -0.39 is 0 Å². The first kappa shape index (κ1) is 20.0. The Labute approximate surface area is 146 Å². The number of hydrogen-bond donors (Lipinski definition) is 1. The van der Waals surface area contributed by atoms with Crippen molar-refractivity contribution in [3.63, 3.8) is 0 Å². The molecule has 0 atom stereocenters. The summed E-state index contributed by atoms with van der Waals surface area (Å²) in [5.41, 5.74) is 1.40. The molecule has 0 aliphatic rings. The number of carbonyl (C=O) groups is 1. The van der Waals surface area contributed by atoms with E-state index in [-0.39, 0.29) is 5.75 Å². The zero-order chi connectivity index (χ0) is 17.5. The minimum atomic E-state index is 0.0913. The van der Waals surface area contributed by atoms with Crippen molar-refractivity contribution in [2.24, 2.45) is 0 Å². The Bertz CT molecular complexity index is 541. The van der Waals surface area contributed by atoms with Crippen molar-refractivity contribution in [1.82, 2.24) is 0 Å². The molecule has 2 nitrogen and oxygen atoms in total. The van der Waals surface area contributed by atoms with E-state index in [1.807, 2.05) is 12.1 Å². The van der Waals surface area contributed by atoms with Crippen molar-refractivity contribution in [3.8, 4) is 5.75 Å². The van der Waals surface area contributed by atoms with E-state index in [2.05, 4.69) is 30.9 Å². The smallest absolute Gasteiger partial charge is 0.154 e. The standard InChI is InChI=1S/C22H30O2/c1-2-3-4-5-6-7-8-9-10-11-12-13-14-16-20-17-15-18-22(24)21(20)19-23/h2,4-5,7-8,15,17-19,24H,1,3,6,9-14,16H2/b5-4-,8-7-. The second-order valence-electron chi connectivity index (χ2n) is 5.98. The van der Waals surface area contributed by atoms with Crippen LogP contribution in [-0.2, 0) is 6.42 Å². The topological polar surface area (TPSA) is 37.3 Å². The van der Waals surface area contributed by atoms with E-state index in [4.69, 9.17) is 0 Å². The predicted molar refractivity (Wildman–Crippen MR) is 103 cm³/mol. The average molecular weight is 326 g/mol. The number of allylic oxidation sites excluding steroid dienone is 5. The molecular weight excluding hydrogens is 296 g/mol. The minimum Gasteiger partial charge on any atom is -0.507 e. The van der Waals surface area contributed by atoms with Crippen LogP contribution < -0.4 is 0 Å². The SMILES string of the molecule is C=CC/C=C\C/C=C\CCCCCCCc1cccc(O)c1C=O. The van der Waals surface area contributed by atoms with Gasteiger partial charge in [-0.05, 0) is 50.2 Å². The third-order valence-electron chi connectivity index (χ3n) is 4.02. The largest absolute Gasteiger partial charge is 0.507 e. The molecule has 130 valence electrons. The summed E-state index contributed by atoms with van der Waals surface area (Å²) in [7, 11) is 0. The average Bonchev–Trinajstić information content (AvgIpc) is 2.59. The van der Waals surface area contributed by atoms with Gasteiger partial charge >= 0.3 is 0 Å². The van der Waals surface area contributed by atoms with Crippen LogP contribution in [-0.4, -0.2) is 11.4 Å². The molecule has 0 aromatic heterocycles. The molecule has 0 fully saturated rings. The van der Waals surface area contributed by atoms with Crippen LogP contribution in [0.25, 0.3) is 0 Å². The molecule has 0 amide bonds. The maximum Gasteiger partial charge on any atom is 0.154 e. The van der Waals surface area contributed by atoms with Gasteiger partial charge in [-0.1, -0.05) is 61.8 Å². The van der Waals surface area contributed by atoms with E-state index in [1.165, 1.54) is 25.7 Å². The summed E-state index contributed by atoms with van der Waals surface area (Å²) in [6.45, 7) is 3.68. The van der Waals surface area contributed by atoms with Gasteiger partial charge in [0.15, 0.2) is 6.29 Å². The molecule has 1 aromatic carbocycles. The van der Waals surface area contributed by atoms with Crippen LogP contribution >= 0.6 is 0 Å². The van der Waals surface area contributed by atoms with E-state index >= 15 is 0 Å². The van der Waals surface area contributed by atoms with Crippen LogP contribution in [0.3, 0.4) is 0 Å². The maximum atomic E-state index is 11.0. The number of phenolic OH excluding ortho intramolecular Hbond substituents is 1. The predicted octanol–water partition coefficient (Wildman–Crippen LogP) is 6.17. The van der Waals surface area contributed by atoms with Crippen molar-refractivity contribution in [3.05, 3.63) is 66.3 Å². The number of rotatable bonds is 13. The number of unbranched alkanes of at least 4 members (excludes halogenated alkanes) is 5. The molecular formula is C22H30O2. The summed E-state index contributed by atoms with van der Waals surface area (Å²) < 4.78 is 0. The molecule has 0 saturated heterocycles. The van der Waals surface area contributed by atoms with E-state index in [0.29, 0.717) is 5.56 Å². The Morgan fingerprint density at radius 3 is 2.42 bits per heavy atom. The molecule has 0 bridgehead atoms. The summed E-state index contributed by atoms with van der Waals surface area (Å²) in [5.74, 6) is 0.0913. The van der Waals surface area contributed by atoms with Gasteiger partial charge in [-0.3, -0.25) is 4.79 Å². The summed E-state index contributed by atoms with van der Waals surface area (Å²) in [4.78, 5) is 11.0. The van der Waals surface area contributed by atoms with Crippen molar-refractivity contribution in [1.29, 1.82) is 0 Å². The van der Waals surface area contributed by atoms with E-state index in [1.54, 1.807) is 12.1 Å². The van der Waals surface area contributed by atoms with Crippen LogP contribution in [0.4, 0.5) is 0 Å². The highest BCUT2D eigenvalue weighted by atomic mass is 16.3. The lowest BCUT2D eigenvalue weighted by Crippen LogP contribution is -1.93. The molecule has 24 heavy (non-hydrogen) atoms. The zero-order valence-electron chi connectivity index (χ0n) is 14.6. The number of aromatic hydroxyl groups is 1. The van der Waals surface area contributed by atoms with Crippen LogP contribution in [0.1, 0.15) is 67.3 Å². The highest BCUT2D eigenvalue weighted by Gasteiger charge is 2.05. The van der Waals surface area contributed by atoms with Crippen molar-refractivity contribution >= 4 is 6.29 Å². The quantitative estimate of drug-likeness (QED) is 0.267. The molecule has 0 radical (unpaired) electrons. The summed E-state index contributed by atoms with van der Waals surface area (Å²) >= 11 is 0. The van der Waals surface area contributed by atoms with Gasteiger partial charge in [0.25, 0.3) is 0 Å². The highest BCUT2D eigenvalue weighted by Crippen LogP contribution is 2.21. The fraction of sp³-hybridized carbons (Fsp3) is 0.409. The summed E-state index contributed by atoms with van der Waals surface area (Å²) in [6, 6.07) is 5.30. The van der Waals surface area contributed by atoms with Gasteiger partial charge in [-0.25, -0.2) is 0 Å². The summed E-state index contributed by atoms with van der Waals surface area (Å²) in [5, 5.41) is 9.65. The van der Waals surface area contributed by atoms with Crippen LogP contribution in [0.5, 0.6) is 5.75 Å². The van der Waals surface area contributed by atoms with Crippen molar-refractivity contribution in [2.45, 2.75) is 57.8 Å². The molecule has 0 heterocycles. The minimum absolute atomic E-state index is 0.0913. The van der Waals surface area contributed by atoms with E-state index in [9.17, 15) is 9.90 Å². The fourth-order valence-electron chi connectivity index (χ4n) is 2.64. The first-order valence-corrected chi connectivity index (χ1v) is 8.96. The molecule has 0 aliphatic carbocycles. The Morgan fingerprint density at radius 1 is 0.917 bits per heavy atom. The van der Waals surface area contributed by atoms with Gasteiger partial charge in [-0.15, -0.1) is 6.58 Å². The molecule has 0 unspecified atom stereocenters. The number of benzene rings is 1. The van der Waals surface area contributed by atoms with Gasteiger partial charge in [0.05, 0.1) is 5.56 Å². The molecule has 1 aromatic rings. The Balaban J connectivity index is 2.05. The summed E-state index contributed by atoms with van der Waals surface area (Å²) in [6.07, 6.45) is 21.4. The van der Waals surface area contributed by atoms with Gasteiger partial charge in [0.2, 0.25) is 0 Å². The van der Waals surface area contributed by atoms with Gasteiger partial charge < -0.3 is 5.11 Å². The third kappa shape index (κ3) is 8.52. The number of carbonyl (C=O) groups excluding carboxylic acids is 1. The van der Waals surface area contributed by atoms with Crippen LogP contribution in [0, 0.1) is 0 Å². The number of aryl methyl sites for hydroxylation is 1. The number of hydrogen-bond acceptors (Lipinski definition) is 2. The lowest BCUT2D eigenvalue weighted by Gasteiger charge is -2.06. The van der Waals surface area contributed by atoms with E-state index in [0.717, 1.165) is 44.0 Å². The molecule has 1 rings (SSSR count). The molecule has 0 spiro atoms. The first-order chi connectivity index (χ1) is 11.8. The lowest BCUT2D eigenvalue weighted by molar-refractivity contribution is 0.112. The second kappa shape index (κ2) is 13.4. The van der Waals surface area contributed by atoms with Gasteiger partial charge in [-0.2, -0.15) is 0 Å². The number of phenols is 1. The first-order valence-electron chi connectivity index (χ1n) is 8.96. The molecule has 1 N–H and O–H groups in total. The Hall–Kier alpha value is -2.09. The fourth-order valence-corrected chi connectivity index (χ4v) is 2.64. The Morgan fingerprint density at radius 2 is 1.62 bits per heavy atom. The van der Waals surface area contributed by atoms with Crippen LogP contribution in [0.15, 0.2) is 55.2 Å². The highest BCUT2D eigenvalue weighted by molar-refractivity contribution is 5.81. The third-order valence-corrected chi connectivity index (χ3v) is 4.02. The number of aldehydes is 1. The van der Waals surface area contributed by atoms with Crippen molar-refractivity contribution < 1.29 is 9.90 Å². The molecule has 2 heteroatoms. The Kier molecular flexibility index (Phi) is 11.1. The molecule has 0 saturated carbocycles. The molecule has 0 aliphatic heterocycles. The van der Waals surface area contributed by atoms with Crippen molar-refractivity contribution in [2.75, 3.05) is 0 Å². The second-order valence-corrected chi connectivity index (χ2v) is 5.98. The zero-order valence-corrected chi connectivity index (χ0v) is 14.6. The monoisotopic (exact) mass is 326 g/mol. The normalized spacial score (nSPS) is 11.3. The van der Waals surface area contributed by atoms with Gasteiger partial charge in [0, 0.05) is 0 Å². The van der Waals surface area contributed by atoms with Crippen LogP contribution in [0.2, 0.25) is 0 Å². The van der Waals surface area contributed by atoms with Gasteiger partial charge in [0.1, 0.15) is 5.75 Å². The lowest BCUT2D eigenvalue weighted by atomic mass is 10.0.